The molecule has 1 fully saturated rings. The number of rotatable bonds is 10. The zero-order chi connectivity index (χ0) is 29.7. The molecule has 0 aliphatic heterocycles. The molecular weight excluding hydrogens is 550 g/mol. The molecule has 0 N–H and O–H groups in total. The highest BCUT2D eigenvalue weighted by molar-refractivity contribution is 7.92. The number of carbonyl (C=O) groups is 2. The predicted octanol–water partition coefficient (Wildman–Crippen LogP) is 5.65. The van der Waals surface area contributed by atoms with E-state index in [4.69, 9.17) is 9.47 Å². The fraction of sp³-hybridized carbons (Fsp3) is 0.176. The molecule has 1 saturated carbocycles. The van der Waals surface area contributed by atoms with E-state index in [0.29, 0.717) is 22.3 Å². The van der Waals surface area contributed by atoms with Crippen molar-refractivity contribution in [3.8, 4) is 0 Å². The van der Waals surface area contributed by atoms with E-state index in [1.165, 1.54) is 0 Å². The van der Waals surface area contributed by atoms with Gasteiger partial charge in [0.2, 0.25) is 15.4 Å². The maximum atomic E-state index is 14.4. The zero-order valence-corrected chi connectivity index (χ0v) is 23.9. The molecule has 0 bridgehead atoms. The average molecular weight is 582 g/mol. The maximum absolute atomic E-state index is 14.4. The molecule has 0 unspecified atom stereocenters. The van der Waals surface area contributed by atoms with E-state index in [1.54, 1.807) is 78.9 Å². The minimum absolute atomic E-state index is 0.113. The summed E-state index contributed by atoms with van der Waals surface area (Å²) in [6.07, 6.45) is 1.04. The topological polar surface area (TPSA) is 90.0 Å². The molecule has 0 saturated heterocycles. The largest absolute Gasteiger partial charge is 0.460 e. The lowest BCUT2D eigenvalue weighted by molar-refractivity contribution is -0.181. The van der Waals surface area contributed by atoms with Crippen LogP contribution in [0, 0.1) is 5.41 Å². The van der Waals surface area contributed by atoms with Gasteiger partial charge in [0.25, 0.3) is 0 Å². The summed E-state index contributed by atoms with van der Waals surface area (Å²) < 4.78 is 39.6. The highest BCUT2D eigenvalue weighted by Gasteiger charge is 2.73. The molecule has 5 rings (SSSR count). The first-order valence-corrected chi connectivity index (χ1v) is 15.3. The second-order valence-corrected chi connectivity index (χ2v) is 12.1. The molecule has 4 aromatic carbocycles. The van der Waals surface area contributed by atoms with Gasteiger partial charge in [-0.25, -0.2) is 8.42 Å². The van der Waals surface area contributed by atoms with Crippen molar-refractivity contribution in [1.82, 2.24) is 0 Å². The van der Waals surface area contributed by atoms with Crippen molar-refractivity contribution in [1.29, 1.82) is 0 Å². The number of hydrogen-bond acceptors (Lipinski definition) is 6. The molecule has 7 nitrogen and oxygen atoms in total. The lowest BCUT2D eigenvalue weighted by Gasteiger charge is -2.56. The molecule has 0 heterocycles. The molecule has 0 aromatic heterocycles. The first-order chi connectivity index (χ1) is 20.2. The van der Waals surface area contributed by atoms with Crippen LogP contribution in [0.5, 0.6) is 0 Å². The summed E-state index contributed by atoms with van der Waals surface area (Å²) in [5, 5.41) is 0. The Labute approximate surface area is 246 Å². The van der Waals surface area contributed by atoms with Crippen LogP contribution < -0.4 is 4.31 Å². The summed E-state index contributed by atoms with van der Waals surface area (Å²) in [5.41, 5.74) is 0.632. The van der Waals surface area contributed by atoms with Crippen molar-refractivity contribution in [2.24, 2.45) is 5.41 Å². The third kappa shape index (κ3) is 5.45. The van der Waals surface area contributed by atoms with Crippen molar-refractivity contribution < 1.29 is 27.5 Å². The van der Waals surface area contributed by atoms with Gasteiger partial charge in [0.1, 0.15) is 13.2 Å². The number of esters is 2. The highest BCUT2D eigenvalue weighted by atomic mass is 32.2. The number of hydrogen-bond donors (Lipinski definition) is 0. The molecule has 214 valence electrons. The van der Waals surface area contributed by atoms with Gasteiger partial charge in [0, 0.05) is 5.92 Å². The molecular formula is C34H31NO6S. The number of sulfonamides is 1. The molecule has 4 aromatic rings. The van der Waals surface area contributed by atoms with Crippen LogP contribution >= 0.6 is 0 Å². The Morgan fingerprint density at radius 2 is 1.12 bits per heavy atom. The maximum Gasteiger partial charge on any atom is 0.327 e. The summed E-state index contributed by atoms with van der Waals surface area (Å²) in [7, 11) is -4.03. The normalized spacial score (nSPS) is 17.5. The third-order valence-corrected chi connectivity index (χ3v) is 8.58. The second kappa shape index (κ2) is 12.0. The van der Waals surface area contributed by atoms with Crippen LogP contribution in [0.15, 0.2) is 133 Å². The lowest BCUT2D eigenvalue weighted by Crippen LogP contribution is -2.70. The fourth-order valence-electron chi connectivity index (χ4n) is 5.60. The monoisotopic (exact) mass is 581 g/mol. The van der Waals surface area contributed by atoms with Gasteiger partial charge in [-0.05, 0) is 34.4 Å². The standard InChI is InChI=1S/C34H31NO6S/c1-25-30(28-19-11-5-12-20-28)34(32(36)40-23-26-15-7-3-8-16-26,33(37)41-24-27-17-9-4-10-18-27)31(25)35(42(2,38)39)29-21-13-6-14-22-29/h3-22,30-31H,1,23-24H2,2H3/t30-,31+/m0/s1. The Morgan fingerprint density at radius 1 is 0.714 bits per heavy atom. The van der Waals surface area contributed by atoms with E-state index in [9.17, 15) is 18.0 Å². The van der Waals surface area contributed by atoms with Crippen LogP contribution in [0.3, 0.4) is 0 Å². The summed E-state index contributed by atoms with van der Waals surface area (Å²) in [6, 6.07) is 34.1. The Bertz CT molecular complexity index is 1600. The van der Waals surface area contributed by atoms with Crippen molar-refractivity contribution in [3.63, 3.8) is 0 Å². The Morgan fingerprint density at radius 3 is 1.55 bits per heavy atom. The molecule has 2 atom stereocenters. The van der Waals surface area contributed by atoms with Crippen molar-refractivity contribution in [3.05, 3.63) is 150 Å². The van der Waals surface area contributed by atoms with Crippen LogP contribution in [0.1, 0.15) is 22.6 Å². The van der Waals surface area contributed by atoms with Gasteiger partial charge in [-0.1, -0.05) is 116 Å². The van der Waals surface area contributed by atoms with Crippen molar-refractivity contribution in [2.75, 3.05) is 10.6 Å². The summed E-state index contributed by atoms with van der Waals surface area (Å²) in [5.74, 6) is -2.68. The fourth-order valence-corrected chi connectivity index (χ4v) is 6.79. The molecule has 42 heavy (non-hydrogen) atoms. The molecule has 0 amide bonds. The predicted molar refractivity (Wildman–Crippen MR) is 161 cm³/mol. The number of carbonyl (C=O) groups excluding carboxylic acids is 2. The van der Waals surface area contributed by atoms with Crippen LogP contribution in [-0.2, 0) is 42.3 Å². The number of ether oxygens (including phenoxy) is 2. The number of benzene rings is 4. The van der Waals surface area contributed by atoms with Gasteiger partial charge in [-0.3, -0.25) is 13.9 Å². The zero-order valence-electron chi connectivity index (χ0n) is 23.1. The third-order valence-electron chi connectivity index (χ3n) is 7.45. The van der Waals surface area contributed by atoms with Gasteiger partial charge in [-0.15, -0.1) is 0 Å². The van der Waals surface area contributed by atoms with Crippen LogP contribution in [0.2, 0.25) is 0 Å². The Balaban J connectivity index is 1.66. The van der Waals surface area contributed by atoms with Crippen LogP contribution in [-0.4, -0.2) is 32.7 Å². The van der Waals surface area contributed by atoms with E-state index in [1.807, 2.05) is 42.5 Å². The molecule has 0 spiro atoms. The number of anilines is 1. The molecule has 0 radical (unpaired) electrons. The first kappa shape index (κ1) is 28.8. The second-order valence-electron chi connectivity index (χ2n) is 10.2. The molecule has 1 aliphatic rings. The Hall–Kier alpha value is -4.69. The van der Waals surface area contributed by atoms with Crippen molar-refractivity contribution >= 4 is 27.6 Å². The summed E-state index contributed by atoms with van der Waals surface area (Å²) >= 11 is 0. The Kier molecular flexibility index (Phi) is 8.27. The van der Waals surface area contributed by atoms with E-state index >= 15 is 0 Å². The van der Waals surface area contributed by atoms with E-state index < -0.39 is 39.3 Å². The highest BCUT2D eigenvalue weighted by Crippen LogP contribution is 2.61. The minimum atomic E-state index is -4.03. The van der Waals surface area contributed by atoms with E-state index in [2.05, 4.69) is 6.58 Å². The first-order valence-electron chi connectivity index (χ1n) is 13.4. The SMILES string of the molecule is C=C1[C@@H](c2ccccc2)C(C(=O)OCc2ccccc2)(C(=O)OCc2ccccc2)[C@@H]1N(c1ccccc1)S(C)(=O)=O. The van der Waals surface area contributed by atoms with Crippen LogP contribution in [0.25, 0.3) is 0 Å². The lowest BCUT2D eigenvalue weighted by atomic mass is 9.51. The number of para-hydroxylation sites is 1. The quantitative estimate of drug-likeness (QED) is 0.137. The molecule has 8 heteroatoms. The summed E-state index contributed by atoms with van der Waals surface area (Å²) in [6.45, 7) is 4.01. The van der Waals surface area contributed by atoms with Gasteiger partial charge in [0.05, 0.1) is 18.0 Å². The summed E-state index contributed by atoms with van der Waals surface area (Å²) in [4.78, 5) is 28.8. The average Bonchev–Trinajstić information content (AvgIpc) is 3.01. The molecule has 1 aliphatic carbocycles. The van der Waals surface area contributed by atoms with E-state index in [0.717, 1.165) is 10.6 Å². The number of nitrogens with zero attached hydrogens (tertiary/aromatic N) is 1. The minimum Gasteiger partial charge on any atom is -0.460 e. The van der Waals surface area contributed by atoms with Crippen molar-refractivity contribution in [2.45, 2.75) is 25.2 Å². The van der Waals surface area contributed by atoms with Gasteiger partial charge >= 0.3 is 11.9 Å². The van der Waals surface area contributed by atoms with Crippen LogP contribution in [0.4, 0.5) is 5.69 Å². The van der Waals surface area contributed by atoms with Gasteiger partial charge in [0.15, 0.2) is 0 Å². The van der Waals surface area contributed by atoms with Gasteiger partial charge in [-0.2, -0.15) is 0 Å². The van der Waals surface area contributed by atoms with E-state index in [-0.39, 0.29) is 18.9 Å². The smallest absolute Gasteiger partial charge is 0.327 e. The van der Waals surface area contributed by atoms with Gasteiger partial charge < -0.3 is 9.47 Å².